The minimum Gasteiger partial charge on any atom is -0.300 e. The minimum absolute atomic E-state index is 1.08. The monoisotopic (exact) mass is 224 g/mol. The molecule has 1 aliphatic carbocycles. The molecule has 0 saturated heterocycles. The van der Waals surface area contributed by atoms with Crippen molar-refractivity contribution in [3.8, 4) is 5.69 Å². The molecule has 3 rings (SSSR count). The second-order valence-electron chi connectivity index (χ2n) is 4.55. The van der Waals surface area contributed by atoms with Crippen LogP contribution in [0.4, 0.5) is 0 Å². The lowest BCUT2D eigenvalue weighted by Crippen LogP contribution is -2.05. The molecule has 0 N–H and O–H groups in total. The Kier molecular flexibility index (Phi) is 2.36. The number of allylic oxidation sites excluding steroid dienone is 1. The summed E-state index contributed by atoms with van der Waals surface area (Å²) >= 11 is 0. The van der Waals surface area contributed by atoms with Crippen molar-refractivity contribution in [2.75, 3.05) is 0 Å². The van der Waals surface area contributed by atoms with Gasteiger partial charge >= 0.3 is 0 Å². The lowest BCUT2D eigenvalue weighted by Gasteiger charge is -2.14. The van der Waals surface area contributed by atoms with Gasteiger partial charge < -0.3 is 4.57 Å². The van der Waals surface area contributed by atoms with Crippen molar-refractivity contribution >= 4 is 6.08 Å². The Hall–Kier alpha value is -1.83. The Morgan fingerprint density at radius 2 is 2.00 bits per heavy atom. The standard InChI is InChI=1S/C15H16N2/c1-11-7-3-5-9-14(11)17-12(2)16-13-8-4-6-10-15(13)17/h3-5,7-9H,6,10H2,1-2H3. The van der Waals surface area contributed by atoms with E-state index in [4.69, 9.17) is 0 Å². The zero-order valence-corrected chi connectivity index (χ0v) is 10.3. The third-order valence-corrected chi connectivity index (χ3v) is 3.35. The topological polar surface area (TPSA) is 17.8 Å². The van der Waals surface area contributed by atoms with Crippen molar-refractivity contribution in [2.45, 2.75) is 26.7 Å². The Bertz CT molecular complexity index is 591. The van der Waals surface area contributed by atoms with Gasteiger partial charge in [-0.1, -0.05) is 24.3 Å². The van der Waals surface area contributed by atoms with Gasteiger partial charge in [0.1, 0.15) is 5.82 Å². The van der Waals surface area contributed by atoms with E-state index in [-0.39, 0.29) is 0 Å². The summed E-state index contributed by atoms with van der Waals surface area (Å²) in [6.45, 7) is 4.23. The Morgan fingerprint density at radius 1 is 1.18 bits per heavy atom. The highest BCUT2D eigenvalue weighted by atomic mass is 15.1. The molecule has 2 nitrogen and oxygen atoms in total. The first kappa shape index (κ1) is 10.3. The molecule has 0 fully saturated rings. The first-order valence-electron chi connectivity index (χ1n) is 6.08. The average Bonchev–Trinajstić information content (AvgIpc) is 2.66. The first-order valence-corrected chi connectivity index (χ1v) is 6.08. The van der Waals surface area contributed by atoms with E-state index < -0.39 is 0 Å². The number of hydrogen-bond acceptors (Lipinski definition) is 1. The van der Waals surface area contributed by atoms with E-state index in [2.05, 4.69) is 59.8 Å². The fraction of sp³-hybridized carbons (Fsp3) is 0.267. The van der Waals surface area contributed by atoms with Crippen LogP contribution in [-0.2, 0) is 6.42 Å². The maximum Gasteiger partial charge on any atom is 0.111 e. The summed E-state index contributed by atoms with van der Waals surface area (Å²) in [7, 11) is 0. The van der Waals surface area contributed by atoms with Crippen LogP contribution in [0, 0.1) is 13.8 Å². The first-order chi connectivity index (χ1) is 8.27. The van der Waals surface area contributed by atoms with E-state index in [9.17, 15) is 0 Å². The second-order valence-corrected chi connectivity index (χ2v) is 4.55. The normalized spacial score (nSPS) is 13.8. The summed E-state index contributed by atoms with van der Waals surface area (Å²) in [5, 5.41) is 0. The number of para-hydroxylation sites is 1. The molecular weight excluding hydrogens is 208 g/mol. The highest BCUT2D eigenvalue weighted by molar-refractivity contribution is 5.54. The maximum absolute atomic E-state index is 4.64. The van der Waals surface area contributed by atoms with Gasteiger partial charge in [0.25, 0.3) is 0 Å². The van der Waals surface area contributed by atoms with Crippen LogP contribution in [0.15, 0.2) is 30.3 Å². The lowest BCUT2D eigenvalue weighted by molar-refractivity contribution is 0.850. The van der Waals surface area contributed by atoms with Gasteiger partial charge in [0.15, 0.2) is 0 Å². The van der Waals surface area contributed by atoms with Crippen molar-refractivity contribution in [2.24, 2.45) is 0 Å². The fourth-order valence-electron chi connectivity index (χ4n) is 2.52. The summed E-state index contributed by atoms with van der Waals surface area (Å²) in [5.41, 5.74) is 5.04. The molecule has 17 heavy (non-hydrogen) atoms. The molecule has 2 aromatic rings. The van der Waals surface area contributed by atoms with E-state index in [0.717, 1.165) is 24.4 Å². The Labute approximate surface area is 102 Å². The summed E-state index contributed by atoms with van der Waals surface area (Å²) in [6.07, 6.45) is 6.54. The molecule has 0 radical (unpaired) electrons. The minimum atomic E-state index is 1.08. The average molecular weight is 224 g/mol. The van der Waals surface area contributed by atoms with Crippen LogP contribution in [-0.4, -0.2) is 9.55 Å². The molecule has 0 bridgehead atoms. The highest BCUT2D eigenvalue weighted by Gasteiger charge is 2.16. The molecular formula is C15H16N2. The summed E-state index contributed by atoms with van der Waals surface area (Å²) < 4.78 is 2.30. The lowest BCUT2D eigenvalue weighted by atomic mass is 10.1. The van der Waals surface area contributed by atoms with E-state index in [1.165, 1.54) is 16.9 Å². The largest absolute Gasteiger partial charge is 0.300 e. The zero-order valence-electron chi connectivity index (χ0n) is 10.3. The zero-order chi connectivity index (χ0) is 11.8. The maximum atomic E-state index is 4.64. The van der Waals surface area contributed by atoms with Gasteiger partial charge in [-0.05, 0) is 44.4 Å². The van der Waals surface area contributed by atoms with Crippen LogP contribution in [0.1, 0.15) is 29.2 Å². The molecule has 0 saturated carbocycles. The number of aryl methyl sites for hydroxylation is 2. The molecule has 0 atom stereocenters. The van der Waals surface area contributed by atoms with Gasteiger partial charge in [-0.3, -0.25) is 0 Å². The number of rotatable bonds is 1. The van der Waals surface area contributed by atoms with Gasteiger partial charge in [-0.2, -0.15) is 0 Å². The van der Waals surface area contributed by atoms with Crippen LogP contribution >= 0.6 is 0 Å². The summed E-state index contributed by atoms with van der Waals surface area (Å²) in [5.74, 6) is 1.08. The van der Waals surface area contributed by atoms with Gasteiger partial charge in [0, 0.05) is 5.69 Å². The predicted molar refractivity (Wildman–Crippen MR) is 70.4 cm³/mol. The van der Waals surface area contributed by atoms with E-state index >= 15 is 0 Å². The molecule has 1 heterocycles. The fourth-order valence-corrected chi connectivity index (χ4v) is 2.52. The van der Waals surface area contributed by atoms with Crippen LogP contribution in [0.2, 0.25) is 0 Å². The smallest absolute Gasteiger partial charge is 0.111 e. The van der Waals surface area contributed by atoms with Crippen molar-refractivity contribution in [1.82, 2.24) is 9.55 Å². The quantitative estimate of drug-likeness (QED) is 0.725. The van der Waals surface area contributed by atoms with Crippen molar-refractivity contribution in [1.29, 1.82) is 0 Å². The molecule has 2 heteroatoms. The van der Waals surface area contributed by atoms with Crippen molar-refractivity contribution < 1.29 is 0 Å². The van der Waals surface area contributed by atoms with E-state index in [1.54, 1.807) is 0 Å². The number of imidazole rings is 1. The Morgan fingerprint density at radius 3 is 2.82 bits per heavy atom. The SMILES string of the molecule is Cc1ccccc1-n1c(C)nc2c1CCC=C2. The van der Waals surface area contributed by atoms with Gasteiger partial charge in [-0.25, -0.2) is 4.98 Å². The van der Waals surface area contributed by atoms with Gasteiger partial charge in [0.2, 0.25) is 0 Å². The molecule has 0 amide bonds. The second kappa shape index (κ2) is 3.88. The van der Waals surface area contributed by atoms with Crippen molar-refractivity contribution in [3.05, 3.63) is 53.1 Å². The number of hydrogen-bond donors (Lipinski definition) is 0. The molecule has 86 valence electrons. The van der Waals surface area contributed by atoms with Gasteiger partial charge in [0.05, 0.1) is 11.4 Å². The van der Waals surface area contributed by atoms with Crippen molar-refractivity contribution in [3.63, 3.8) is 0 Å². The molecule has 1 aromatic carbocycles. The van der Waals surface area contributed by atoms with Crippen LogP contribution in [0.5, 0.6) is 0 Å². The molecule has 1 aliphatic rings. The summed E-state index contributed by atoms with van der Waals surface area (Å²) in [6, 6.07) is 8.49. The number of fused-ring (bicyclic) bond motifs is 1. The Balaban J connectivity index is 2.25. The van der Waals surface area contributed by atoms with E-state index in [1.807, 2.05) is 0 Å². The summed E-state index contributed by atoms with van der Waals surface area (Å²) in [4.78, 5) is 4.64. The third-order valence-electron chi connectivity index (χ3n) is 3.35. The molecule has 0 aliphatic heterocycles. The number of benzene rings is 1. The van der Waals surface area contributed by atoms with Crippen LogP contribution < -0.4 is 0 Å². The molecule has 1 aromatic heterocycles. The van der Waals surface area contributed by atoms with Crippen LogP contribution in [0.25, 0.3) is 11.8 Å². The highest BCUT2D eigenvalue weighted by Crippen LogP contribution is 2.25. The van der Waals surface area contributed by atoms with E-state index in [0.29, 0.717) is 0 Å². The van der Waals surface area contributed by atoms with Crippen LogP contribution in [0.3, 0.4) is 0 Å². The third kappa shape index (κ3) is 1.60. The number of nitrogens with zero attached hydrogens (tertiary/aromatic N) is 2. The number of aromatic nitrogens is 2. The molecule has 0 spiro atoms. The molecule has 0 unspecified atom stereocenters. The van der Waals surface area contributed by atoms with Gasteiger partial charge in [-0.15, -0.1) is 0 Å². The predicted octanol–water partition coefficient (Wildman–Crippen LogP) is 3.45.